The van der Waals surface area contributed by atoms with Gasteiger partial charge in [0, 0.05) is 6.54 Å². The van der Waals surface area contributed by atoms with Gasteiger partial charge in [-0.15, -0.1) is 0 Å². The Morgan fingerprint density at radius 1 is 0.915 bits per heavy atom. The first-order valence-corrected chi connectivity index (χ1v) is 18.9. The average Bonchev–Trinajstić information content (AvgIpc) is 3.70. The molecular formula is C42H60N2O3. The third-order valence-electron chi connectivity index (χ3n) is 16.3. The first kappa shape index (κ1) is 33.1. The molecule has 10 unspecified atom stereocenters. The van der Waals surface area contributed by atoms with Crippen LogP contribution in [-0.4, -0.2) is 36.1 Å². The van der Waals surface area contributed by atoms with Crippen molar-refractivity contribution < 1.29 is 14.7 Å². The summed E-state index contributed by atoms with van der Waals surface area (Å²) in [6.07, 6.45) is 15.7. The molecule has 1 amide bonds. The van der Waals surface area contributed by atoms with Crippen LogP contribution in [0.2, 0.25) is 0 Å². The smallest absolute Gasteiger partial charge is 0.335 e. The maximum Gasteiger partial charge on any atom is 0.335 e. The molecule has 256 valence electrons. The molecule has 5 fully saturated rings. The Hall–Kier alpha value is -2.40. The largest absolute Gasteiger partial charge is 0.478 e. The molecule has 1 saturated heterocycles. The van der Waals surface area contributed by atoms with Crippen LogP contribution in [-0.2, 0) is 4.79 Å². The fourth-order valence-corrected chi connectivity index (χ4v) is 13.8. The summed E-state index contributed by atoms with van der Waals surface area (Å²) in [5.41, 5.74) is 5.27. The van der Waals surface area contributed by atoms with E-state index in [9.17, 15) is 14.7 Å². The first-order valence-electron chi connectivity index (χ1n) is 18.9. The van der Waals surface area contributed by atoms with Gasteiger partial charge >= 0.3 is 5.97 Å². The Kier molecular flexibility index (Phi) is 7.98. The third kappa shape index (κ3) is 4.78. The average molecular weight is 641 g/mol. The minimum atomic E-state index is -0.866. The van der Waals surface area contributed by atoms with E-state index in [4.69, 9.17) is 0 Å². The molecule has 1 heterocycles. The predicted octanol–water partition coefficient (Wildman–Crippen LogP) is 8.90. The minimum absolute atomic E-state index is 0.0132. The van der Waals surface area contributed by atoms with Crippen molar-refractivity contribution in [2.24, 2.45) is 56.7 Å². The van der Waals surface area contributed by atoms with Crippen LogP contribution < -0.4 is 10.6 Å². The number of carbonyl (C=O) groups is 2. The molecular weight excluding hydrogens is 580 g/mol. The normalized spacial score (nSPS) is 43.5. The van der Waals surface area contributed by atoms with Crippen molar-refractivity contribution in [2.75, 3.05) is 13.1 Å². The molecule has 5 heteroatoms. The van der Waals surface area contributed by atoms with E-state index >= 15 is 0 Å². The molecule has 6 aliphatic rings. The predicted molar refractivity (Wildman–Crippen MR) is 190 cm³/mol. The number of aromatic carboxylic acids is 1. The lowest BCUT2D eigenvalue weighted by Crippen LogP contribution is -2.66. The maximum atomic E-state index is 13.2. The SMILES string of the molecule is C=C(C)C1CCC2(CNC(=O)C3CCCN3)CCC3(C)C(CCC4C5(C)CC=C(c6ccc(C(=O)O)cc6)C(C)(C)C5CCC43C)C12. The summed E-state index contributed by atoms with van der Waals surface area (Å²) in [6.45, 7) is 21.6. The number of carbonyl (C=O) groups excluding carboxylic acids is 1. The van der Waals surface area contributed by atoms with E-state index in [-0.39, 0.29) is 39.0 Å². The molecule has 0 aromatic heterocycles. The summed E-state index contributed by atoms with van der Waals surface area (Å²) in [7, 11) is 0. The molecule has 0 bridgehead atoms. The molecule has 5 nitrogen and oxygen atoms in total. The minimum Gasteiger partial charge on any atom is -0.478 e. The molecule has 1 aromatic rings. The Morgan fingerprint density at radius 2 is 1.66 bits per heavy atom. The zero-order chi connectivity index (χ0) is 33.6. The zero-order valence-electron chi connectivity index (χ0n) is 30.0. The van der Waals surface area contributed by atoms with Crippen LogP contribution >= 0.6 is 0 Å². The summed E-state index contributed by atoms with van der Waals surface area (Å²) < 4.78 is 0. The first-order chi connectivity index (χ1) is 22.2. The fraction of sp³-hybridized carbons (Fsp3) is 0.714. The number of hydrogen-bond donors (Lipinski definition) is 3. The van der Waals surface area contributed by atoms with Gasteiger partial charge in [0.15, 0.2) is 0 Å². The molecule has 0 radical (unpaired) electrons. The van der Waals surface area contributed by atoms with Crippen molar-refractivity contribution in [1.82, 2.24) is 10.6 Å². The highest BCUT2D eigenvalue weighted by atomic mass is 16.4. The van der Waals surface area contributed by atoms with Gasteiger partial charge < -0.3 is 15.7 Å². The number of carboxylic acid groups (broad SMARTS) is 1. The lowest BCUT2D eigenvalue weighted by molar-refractivity contribution is -0.225. The zero-order valence-corrected chi connectivity index (χ0v) is 30.0. The van der Waals surface area contributed by atoms with Gasteiger partial charge in [0.05, 0.1) is 11.6 Å². The molecule has 47 heavy (non-hydrogen) atoms. The lowest BCUT2D eigenvalue weighted by Gasteiger charge is -2.72. The number of rotatable bonds is 6. The van der Waals surface area contributed by atoms with Gasteiger partial charge in [-0.3, -0.25) is 4.79 Å². The molecule has 7 rings (SSSR count). The highest BCUT2D eigenvalue weighted by Crippen LogP contribution is 2.77. The molecule has 1 aromatic carbocycles. The number of benzene rings is 1. The van der Waals surface area contributed by atoms with Gasteiger partial charge in [-0.1, -0.05) is 65.0 Å². The summed E-state index contributed by atoms with van der Waals surface area (Å²) in [5.74, 6) is 2.43. The van der Waals surface area contributed by atoms with Gasteiger partial charge in [-0.05, 0) is 164 Å². The monoisotopic (exact) mass is 640 g/mol. The van der Waals surface area contributed by atoms with Crippen molar-refractivity contribution in [1.29, 1.82) is 0 Å². The highest BCUT2D eigenvalue weighted by Gasteiger charge is 2.70. The van der Waals surface area contributed by atoms with Gasteiger partial charge in [-0.25, -0.2) is 4.79 Å². The van der Waals surface area contributed by atoms with E-state index in [2.05, 4.69) is 64.8 Å². The highest BCUT2D eigenvalue weighted by molar-refractivity contribution is 5.88. The van der Waals surface area contributed by atoms with Crippen LogP contribution in [0.1, 0.15) is 128 Å². The van der Waals surface area contributed by atoms with Crippen LogP contribution in [0.25, 0.3) is 5.57 Å². The summed E-state index contributed by atoms with van der Waals surface area (Å²) in [6, 6.07) is 7.58. The van der Waals surface area contributed by atoms with Gasteiger partial charge in [-0.2, -0.15) is 0 Å². The summed E-state index contributed by atoms with van der Waals surface area (Å²) >= 11 is 0. The number of allylic oxidation sites excluding steroid dienone is 3. The number of fused-ring (bicyclic) bond motifs is 7. The third-order valence-corrected chi connectivity index (χ3v) is 16.3. The van der Waals surface area contributed by atoms with E-state index in [1.54, 1.807) is 12.1 Å². The van der Waals surface area contributed by atoms with E-state index in [0.29, 0.717) is 35.2 Å². The molecule has 10 atom stereocenters. The Morgan fingerprint density at radius 3 is 2.32 bits per heavy atom. The van der Waals surface area contributed by atoms with Crippen molar-refractivity contribution in [3.05, 3.63) is 53.6 Å². The Balaban J connectivity index is 1.18. The number of nitrogens with one attached hydrogen (secondary N) is 2. The van der Waals surface area contributed by atoms with Crippen LogP contribution in [0, 0.1) is 56.7 Å². The molecule has 3 N–H and O–H groups in total. The second kappa shape index (κ2) is 11.3. The molecule has 4 saturated carbocycles. The Bertz CT molecular complexity index is 1470. The van der Waals surface area contributed by atoms with Gasteiger partial charge in [0.25, 0.3) is 0 Å². The molecule has 5 aliphatic carbocycles. The lowest BCUT2D eigenvalue weighted by atomic mass is 9.32. The molecule has 1 aliphatic heterocycles. The van der Waals surface area contributed by atoms with E-state index < -0.39 is 5.97 Å². The number of carboxylic acids is 1. The van der Waals surface area contributed by atoms with E-state index in [1.807, 2.05) is 12.1 Å². The van der Waals surface area contributed by atoms with E-state index in [0.717, 1.165) is 32.4 Å². The van der Waals surface area contributed by atoms with Crippen LogP contribution in [0.15, 0.2) is 42.5 Å². The standard InChI is InChI=1S/C42H60N2O3/c1-26(2)29-16-21-42(25-44-36(45)32-9-8-24-43-32)23-22-40(6)31(35(29)42)14-15-34-39(5)19-17-30(27-10-12-28(13-11-27)37(46)47)38(3,4)33(39)18-20-41(34,40)7/h10-13,17,29,31-35,43H,1,8-9,14-16,18-25H2,2-7H3,(H,44,45)(H,46,47). The molecule has 0 spiro atoms. The van der Waals surface area contributed by atoms with Gasteiger partial charge in [0.2, 0.25) is 5.91 Å². The second-order valence-electron chi connectivity index (χ2n) is 18.3. The maximum absolute atomic E-state index is 13.2. The summed E-state index contributed by atoms with van der Waals surface area (Å²) in [4.78, 5) is 24.8. The number of amides is 1. The van der Waals surface area contributed by atoms with Crippen LogP contribution in [0.5, 0.6) is 0 Å². The fourth-order valence-electron chi connectivity index (χ4n) is 13.8. The number of hydrogen-bond acceptors (Lipinski definition) is 3. The summed E-state index contributed by atoms with van der Waals surface area (Å²) in [5, 5.41) is 16.4. The van der Waals surface area contributed by atoms with Gasteiger partial charge in [0.1, 0.15) is 0 Å². The van der Waals surface area contributed by atoms with Crippen molar-refractivity contribution in [3.63, 3.8) is 0 Å². The Labute approximate surface area is 283 Å². The topological polar surface area (TPSA) is 78.4 Å². The van der Waals surface area contributed by atoms with Crippen molar-refractivity contribution in [2.45, 2.75) is 118 Å². The van der Waals surface area contributed by atoms with Crippen LogP contribution in [0.3, 0.4) is 0 Å². The van der Waals surface area contributed by atoms with Crippen molar-refractivity contribution >= 4 is 17.4 Å². The van der Waals surface area contributed by atoms with Crippen LogP contribution in [0.4, 0.5) is 0 Å². The quantitative estimate of drug-likeness (QED) is 0.271. The second-order valence-corrected chi connectivity index (χ2v) is 18.3. The van der Waals surface area contributed by atoms with E-state index in [1.165, 1.54) is 68.1 Å². The van der Waals surface area contributed by atoms with Crippen molar-refractivity contribution in [3.8, 4) is 0 Å².